The molecule has 0 N–H and O–H groups in total. The molecule has 0 aliphatic rings. The van der Waals surface area contributed by atoms with Crippen LogP contribution in [0.4, 0.5) is 0 Å². The highest BCUT2D eigenvalue weighted by Crippen LogP contribution is 2.35. The summed E-state index contributed by atoms with van der Waals surface area (Å²) in [5.41, 5.74) is 1.87. The van der Waals surface area contributed by atoms with E-state index in [1.165, 1.54) is 0 Å². The Bertz CT molecular complexity index is 644. The first kappa shape index (κ1) is 18.6. The zero-order chi connectivity index (χ0) is 17.7. The van der Waals surface area contributed by atoms with Crippen molar-refractivity contribution in [3.8, 4) is 11.5 Å². The topological polar surface area (TPSA) is 47.7 Å². The number of nitrogens with zero attached hydrogens (tertiary/aromatic N) is 2. The highest BCUT2D eigenvalue weighted by Gasteiger charge is 2.18. The summed E-state index contributed by atoms with van der Waals surface area (Å²) < 4.78 is 16.4. The first-order chi connectivity index (χ1) is 11.4. The van der Waals surface area contributed by atoms with Gasteiger partial charge < -0.3 is 14.0 Å². The van der Waals surface area contributed by atoms with E-state index in [-0.39, 0.29) is 12.1 Å². The summed E-state index contributed by atoms with van der Waals surface area (Å²) in [5.74, 6) is 1.39. The van der Waals surface area contributed by atoms with Crippen molar-refractivity contribution < 1.29 is 14.0 Å². The standard InChI is InChI=1S/C18H25ClN2O3/c1-6-22-17-9-14(15(19)10-18(17)24-12(2)3)11-21(5)13(4)16-7-8-23-20-16/h7-10,12-13H,6,11H2,1-5H3. The Balaban J connectivity index is 2.21. The Morgan fingerprint density at radius 1 is 1.25 bits per heavy atom. The van der Waals surface area contributed by atoms with Gasteiger partial charge in [0, 0.05) is 23.7 Å². The van der Waals surface area contributed by atoms with Gasteiger partial charge >= 0.3 is 0 Å². The molecule has 2 aromatic rings. The van der Waals surface area contributed by atoms with Crippen LogP contribution in [0.5, 0.6) is 11.5 Å². The Labute approximate surface area is 148 Å². The van der Waals surface area contributed by atoms with Crippen molar-refractivity contribution >= 4 is 11.6 Å². The van der Waals surface area contributed by atoms with E-state index >= 15 is 0 Å². The fraction of sp³-hybridized carbons (Fsp3) is 0.500. The molecule has 1 heterocycles. The fourth-order valence-corrected chi connectivity index (χ4v) is 2.59. The van der Waals surface area contributed by atoms with Gasteiger partial charge in [0.1, 0.15) is 12.0 Å². The van der Waals surface area contributed by atoms with Crippen LogP contribution in [0.15, 0.2) is 29.0 Å². The zero-order valence-electron chi connectivity index (χ0n) is 14.9. The number of hydrogen-bond donors (Lipinski definition) is 0. The molecule has 2 rings (SSSR count). The van der Waals surface area contributed by atoms with E-state index in [1.807, 2.05) is 46.0 Å². The Kier molecular flexibility index (Phi) is 6.52. The quantitative estimate of drug-likeness (QED) is 0.688. The van der Waals surface area contributed by atoms with Crippen molar-refractivity contribution in [2.75, 3.05) is 13.7 Å². The molecule has 6 heteroatoms. The Hall–Kier alpha value is -1.72. The van der Waals surface area contributed by atoms with Crippen molar-refractivity contribution in [1.82, 2.24) is 10.1 Å². The van der Waals surface area contributed by atoms with Gasteiger partial charge in [-0.15, -0.1) is 0 Å². The van der Waals surface area contributed by atoms with Gasteiger partial charge in [-0.3, -0.25) is 4.90 Å². The van der Waals surface area contributed by atoms with E-state index in [2.05, 4.69) is 17.0 Å². The van der Waals surface area contributed by atoms with Crippen LogP contribution in [0.2, 0.25) is 5.02 Å². The van der Waals surface area contributed by atoms with E-state index in [0.29, 0.717) is 29.7 Å². The molecule has 0 saturated heterocycles. The van der Waals surface area contributed by atoms with Crippen LogP contribution in [0.1, 0.15) is 45.0 Å². The summed E-state index contributed by atoms with van der Waals surface area (Å²) in [6.07, 6.45) is 1.64. The van der Waals surface area contributed by atoms with E-state index in [4.69, 9.17) is 25.6 Å². The third kappa shape index (κ3) is 4.65. The second-order valence-corrected chi connectivity index (χ2v) is 6.41. The van der Waals surface area contributed by atoms with Gasteiger partial charge in [0.2, 0.25) is 0 Å². The molecule has 0 aliphatic carbocycles. The second-order valence-electron chi connectivity index (χ2n) is 6.01. The molecule has 0 bridgehead atoms. The summed E-state index contributed by atoms with van der Waals surface area (Å²) in [4.78, 5) is 2.15. The molecular formula is C18H25ClN2O3. The second kappa shape index (κ2) is 8.40. The van der Waals surface area contributed by atoms with Crippen LogP contribution in [0.25, 0.3) is 0 Å². The summed E-state index contributed by atoms with van der Waals surface area (Å²) in [7, 11) is 2.02. The first-order valence-electron chi connectivity index (χ1n) is 8.14. The van der Waals surface area contributed by atoms with Gasteiger partial charge in [0.15, 0.2) is 11.5 Å². The van der Waals surface area contributed by atoms with E-state index in [1.54, 1.807) is 6.26 Å². The molecule has 5 nitrogen and oxygen atoms in total. The normalized spacial score (nSPS) is 12.7. The molecule has 1 unspecified atom stereocenters. The Morgan fingerprint density at radius 3 is 2.58 bits per heavy atom. The van der Waals surface area contributed by atoms with Gasteiger partial charge in [-0.1, -0.05) is 16.8 Å². The van der Waals surface area contributed by atoms with Crippen LogP contribution in [0, 0.1) is 0 Å². The number of aromatic nitrogens is 1. The van der Waals surface area contributed by atoms with E-state index in [0.717, 1.165) is 11.3 Å². The third-order valence-electron chi connectivity index (χ3n) is 3.74. The Morgan fingerprint density at radius 2 is 2.00 bits per heavy atom. The van der Waals surface area contributed by atoms with Crippen LogP contribution < -0.4 is 9.47 Å². The molecule has 0 fully saturated rings. The van der Waals surface area contributed by atoms with Gasteiger partial charge in [-0.25, -0.2) is 0 Å². The summed E-state index contributed by atoms with van der Waals surface area (Å²) >= 11 is 6.46. The molecular weight excluding hydrogens is 328 g/mol. The van der Waals surface area contributed by atoms with Crippen molar-refractivity contribution in [3.05, 3.63) is 40.7 Å². The maximum atomic E-state index is 6.46. The predicted molar refractivity (Wildman–Crippen MR) is 94.8 cm³/mol. The van der Waals surface area contributed by atoms with Crippen molar-refractivity contribution in [2.45, 2.75) is 46.4 Å². The molecule has 0 aliphatic heterocycles. The average molecular weight is 353 g/mol. The molecule has 0 amide bonds. The zero-order valence-corrected chi connectivity index (χ0v) is 15.6. The molecule has 1 aromatic carbocycles. The van der Waals surface area contributed by atoms with Gasteiger partial charge in [0.05, 0.1) is 18.8 Å². The average Bonchev–Trinajstić information content (AvgIpc) is 3.04. The van der Waals surface area contributed by atoms with Crippen LogP contribution in [-0.2, 0) is 6.54 Å². The lowest BCUT2D eigenvalue weighted by Crippen LogP contribution is -2.22. The minimum atomic E-state index is 0.0565. The van der Waals surface area contributed by atoms with Gasteiger partial charge in [0.25, 0.3) is 0 Å². The molecule has 0 radical (unpaired) electrons. The number of hydrogen-bond acceptors (Lipinski definition) is 5. The van der Waals surface area contributed by atoms with Crippen molar-refractivity contribution in [1.29, 1.82) is 0 Å². The smallest absolute Gasteiger partial charge is 0.163 e. The van der Waals surface area contributed by atoms with Gasteiger partial charge in [-0.2, -0.15) is 0 Å². The molecule has 24 heavy (non-hydrogen) atoms. The maximum absolute atomic E-state index is 6.46. The van der Waals surface area contributed by atoms with Crippen LogP contribution in [-0.4, -0.2) is 29.8 Å². The highest BCUT2D eigenvalue weighted by atomic mass is 35.5. The summed E-state index contributed by atoms with van der Waals surface area (Å²) in [6.45, 7) is 9.21. The number of rotatable bonds is 8. The summed E-state index contributed by atoms with van der Waals surface area (Å²) in [5, 5.41) is 4.66. The van der Waals surface area contributed by atoms with Crippen LogP contribution in [0.3, 0.4) is 0 Å². The lowest BCUT2D eigenvalue weighted by atomic mass is 10.1. The number of ether oxygens (including phenoxy) is 2. The first-order valence-corrected chi connectivity index (χ1v) is 8.52. The van der Waals surface area contributed by atoms with Crippen molar-refractivity contribution in [3.63, 3.8) is 0 Å². The third-order valence-corrected chi connectivity index (χ3v) is 4.09. The predicted octanol–water partition coefficient (Wildman–Crippen LogP) is 4.71. The number of halogens is 1. The minimum Gasteiger partial charge on any atom is -0.490 e. The van der Waals surface area contributed by atoms with Gasteiger partial charge in [-0.05, 0) is 46.4 Å². The lowest BCUT2D eigenvalue weighted by Gasteiger charge is -2.24. The molecule has 0 saturated carbocycles. The maximum Gasteiger partial charge on any atom is 0.163 e. The number of benzene rings is 1. The molecule has 1 atom stereocenters. The minimum absolute atomic E-state index is 0.0565. The highest BCUT2D eigenvalue weighted by molar-refractivity contribution is 6.31. The molecule has 1 aromatic heterocycles. The van der Waals surface area contributed by atoms with Crippen molar-refractivity contribution in [2.24, 2.45) is 0 Å². The monoisotopic (exact) mass is 352 g/mol. The molecule has 0 spiro atoms. The van der Waals surface area contributed by atoms with E-state index < -0.39 is 0 Å². The van der Waals surface area contributed by atoms with E-state index in [9.17, 15) is 0 Å². The SMILES string of the molecule is CCOc1cc(CN(C)C(C)c2ccon2)c(Cl)cc1OC(C)C. The molecule has 132 valence electrons. The lowest BCUT2D eigenvalue weighted by molar-refractivity contribution is 0.222. The largest absolute Gasteiger partial charge is 0.490 e. The summed E-state index contributed by atoms with van der Waals surface area (Å²) in [6, 6.07) is 5.77. The van der Waals surface area contributed by atoms with Crippen LogP contribution >= 0.6 is 11.6 Å². The fourth-order valence-electron chi connectivity index (χ4n) is 2.38.